The van der Waals surface area contributed by atoms with Crippen LogP contribution in [0.3, 0.4) is 0 Å². The minimum atomic E-state index is -1.11. The average Bonchev–Trinajstić information content (AvgIpc) is 2.94. The number of carbonyl (C=O) groups is 2. The molecular formula is C21H17Cl2N3O2. The van der Waals surface area contributed by atoms with Crippen LogP contribution in [-0.2, 0) is 16.9 Å². The van der Waals surface area contributed by atoms with Crippen molar-refractivity contribution in [1.29, 1.82) is 0 Å². The Morgan fingerprint density at radius 2 is 1.79 bits per heavy atom. The third-order valence-electron chi connectivity index (χ3n) is 5.12. The summed E-state index contributed by atoms with van der Waals surface area (Å²) in [4.78, 5) is 31.5. The van der Waals surface area contributed by atoms with Gasteiger partial charge in [0.05, 0.1) is 12.1 Å². The average molecular weight is 414 g/mol. The Labute approximate surface area is 172 Å². The molecule has 4 rings (SSSR count). The largest absolute Gasteiger partial charge is 0.325 e. The van der Waals surface area contributed by atoms with E-state index in [1.807, 2.05) is 37.3 Å². The third kappa shape index (κ3) is 3.01. The second-order valence-corrected chi connectivity index (χ2v) is 7.51. The van der Waals surface area contributed by atoms with E-state index in [-0.39, 0.29) is 17.6 Å². The van der Waals surface area contributed by atoms with Crippen LogP contribution < -0.4 is 5.32 Å². The summed E-state index contributed by atoms with van der Waals surface area (Å²) in [5.41, 5.74) is 0.964. The molecule has 3 amide bonds. The molecule has 5 nitrogen and oxygen atoms in total. The number of nitrogens with one attached hydrogen (secondary N) is 1. The highest BCUT2D eigenvalue weighted by Crippen LogP contribution is 2.34. The van der Waals surface area contributed by atoms with Crippen LogP contribution in [0, 0.1) is 0 Å². The van der Waals surface area contributed by atoms with Crippen molar-refractivity contribution in [1.82, 2.24) is 15.2 Å². The molecule has 0 saturated carbocycles. The Balaban J connectivity index is 1.69. The number of fused-ring (bicyclic) bond motifs is 1. The molecule has 0 unspecified atom stereocenters. The number of halogens is 2. The first-order valence-electron chi connectivity index (χ1n) is 8.89. The summed E-state index contributed by atoms with van der Waals surface area (Å²) in [6.45, 7) is 1.91. The predicted molar refractivity (Wildman–Crippen MR) is 109 cm³/mol. The molecule has 0 bridgehead atoms. The number of para-hydroxylation sites is 1. The SMILES string of the molecule is CC[C@]1(c2ccc(Cl)cc2)NC(=O)N(Cc2cc3ccccc3nc2Cl)C1=O. The van der Waals surface area contributed by atoms with Crippen molar-refractivity contribution in [2.24, 2.45) is 0 Å². The van der Waals surface area contributed by atoms with Gasteiger partial charge in [-0.25, -0.2) is 9.78 Å². The highest BCUT2D eigenvalue weighted by molar-refractivity contribution is 6.31. The van der Waals surface area contributed by atoms with E-state index in [0.29, 0.717) is 22.6 Å². The summed E-state index contributed by atoms with van der Waals surface area (Å²) in [7, 11) is 0. The molecule has 3 aromatic rings. The molecular weight excluding hydrogens is 397 g/mol. The quantitative estimate of drug-likeness (QED) is 0.488. The fourth-order valence-electron chi connectivity index (χ4n) is 3.56. The lowest BCUT2D eigenvalue weighted by Crippen LogP contribution is -2.43. The van der Waals surface area contributed by atoms with Gasteiger partial charge in [-0.05, 0) is 36.2 Å². The van der Waals surface area contributed by atoms with Gasteiger partial charge in [-0.3, -0.25) is 9.69 Å². The van der Waals surface area contributed by atoms with Crippen molar-refractivity contribution < 1.29 is 9.59 Å². The summed E-state index contributed by atoms with van der Waals surface area (Å²) in [6, 6.07) is 15.9. The van der Waals surface area contributed by atoms with Crippen LogP contribution in [0.25, 0.3) is 10.9 Å². The number of amides is 3. The van der Waals surface area contributed by atoms with Gasteiger partial charge in [0.15, 0.2) is 0 Å². The second kappa shape index (κ2) is 7.08. The number of rotatable bonds is 4. The molecule has 0 spiro atoms. The monoisotopic (exact) mass is 413 g/mol. The first-order valence-corrected chi connectivity index (χ1v) is 9.64. The van der Waals surface area contributed by atoms with Gasteiger partial charge in [0.25, 0.3) is 5.91 Å². The smallest absolute Gasteiger partial charge is 0.319 e. The van der Waals surface area contributed by atoms with Crippen molar-refractivity contribution in [2.45, 2.75) is 25.4 Å². The summed E-state index contributed by atoms with van der Waals surface area (Å²) in [5, 5.41) is 4.60. The minimum Gasteiger partial charge on any atom is -0.319 e. The van der Waals surface area contributed by atoms with E-state index in [9.17, 15) is 9.59 Å². The number of pyridine rings is 1. The molecule has 1 aromatic heterocycles. The molecule has 2 heterocycles. The van der Waals surface area contributed by atoms with Gasteiger partial charge < -0.3 is 5.32 Å². The minimum absolute atomic E-state index is 0.0523. The number of urea groups is 1. The van der Waals surface area contributed by atoms with Crippen molar-refractivity contribution in [3.63, 3.8) is 0 Å². The van der Waals surface area contributed by atoms with Crippen LogP contribution in [0.15, 0.2) is 54.6 Å². The lowest BCUT2D eigenvalue weighted by molar-refractivity contribution is -0.132. The highest BCUT2D eigenvalue weighted by atomic mass is 35.5. The van der Waals surface area contributed by atoms with Crippen LogP contribution in [0.4, 0.5) is 4.79 Å². The van der Waals surface area contributed by atoms with Crippen LogP contribution in [-0.4, -0.2) is 21.8 Å². The summed E-state index contributed by atoms with van der Waals surface area (Å²) >= 11 is 12.3. The van der Waals surface area contributed by atoms with Crippen LogP contribution >= 0.6 is 23.2 Å². The topological polar surface area (TPSA) is 62.3 Å². The van der Waals surface area contributed by atoms with Gasteiger partial charge >= 0.3 is 6.03 Å². The lowest BCUT2D eigenvalue weighted by atomic mass is 9.87. The zero-order valence-electron chi connectivity index (χ0n) is 15.1. The molecule has 0 radical (unpaired) electrons. The molecule has 1 saturated heterocycles. The van der Waals surface area contributed by atoms with Crippen molar-refractivity contribution in [3.05, 3.63) is 75.9 Å². The standard InChI is InChI=1S/C21H17Cl2N3O2/c1-2-21(15-7-9-16(22)10-8-15)19(27)26(20(28)25-21)12-14-11-13-5-3-4-6-17(13)24-18(14)23/h3-11H,2,12H2,1H3,(H,25,28)/t21-/m1/s1. The fourth-order valence-corrected chi connectivity index (χ4v) is 3.89. The number of carbonyl (C=O) groups excluding carboxylic acids is 2. The van der Waals surface area contributed by atoms with Gasteiger partial charge in [-0.2, -0.15) is 0 Å². The Morgan fingerprint density at radius 3 is 2.50 bits per heavy atom. The van der Waals surface area contributed by atoms with Crippen molar-refractivity contribution in [3.8, 4) is 0 Å². The molecule has 1 atom stereocenters. The van der Waals surface area contributed by atoms with Gasteiger partial charge in [0.1, 0.15) is 10.7 Å². The maximum absolute atomic E-state index is 13.3. The molecule has 7 heteroatoms. The maximum atomic E-state index is 13.3. The molecule has 1 aliphatic rings. The number of hydrogen-bond donors (Lipinski definition) is 1. The van der Waals surface area contributed by atoms with E-state index in [4.69, 9.17) is 23.2 Å². The molecule has 2 aromatic carbocycles. The second-order valence-electron chi connectivity index (χ2n) is 6.72. The fraction of sp³-hybridized carbons (Fsp3) is 0.190. The molecule has 1 aliphatic heterocycles. The number of nitrogens with zero attached hydrogens (tertiary/aromatic N) is 2. The number of benzene rings is 2. The van der Waals surface area contributed by atoms with E-state index in [0.717, 1.165) is 10.9 Å². The Bertz CT molecular complexity index is 1080. The molecule has 0 aliphatic carbocycles. The van der Waals surface area contributed by atoms with E-state index in [1.54, 1.807) is 24.3 Å². The summed E-state index contributed by atoms with van der Waals surface area (Å²) in [5.74, 6) is -0.313. The normalized spacial score (nSPS) is 19.3. The van der Waals surface area contributed by atoms with Crippen molar-refractivity contribution in [2.75, 3.05) is 0 Å². The molecule has 1 fully saturated rings. The van der Waals surface area contributed by atoms with Crippen LogP contribution in [0.1, 0.15) is 24.5 Å². The predicted octanol–water partition coefficient (Wildman–Crippen LogP) is 4.90. The third-order valence-corrected chi connectivity index (χ3v) is 5.70. The molecule has 28 heavy (non-hydrogen) atoms. The first-order chi connectivity index (χ1) is 13.4. The number of imide groups is 1. The van der Waals surface area contributed by atoms with Gasteiger partial charge in [-0.15, -0.1) is 0 Å². The van der Waals surface area contributed by atoms with E-state index in [2.05, 4.69) is 10.3 Å². The van der Waals surface area contributed by atoms with E-state index >= 15 is 0 Å². The number of aromatic nitrogens is 1. The summed E-state index contributed by atoms with van der Waals surface area (Å²) < 4.78 is 0. The van der Waals surface area contributed by atoms with E-state index in [1.165, 1.54) is 4.90 Å². The molecule has 142 valence electrons. The van der Waals surface area contributed by atoms with Gasteiger partial charge in [-0.1, -0.05) is 60.5 Å². The summed E-state index contributed by atoms with van der Waals surface area (Å²) in [6.07, 6.45) is 0.416. The zero-order valence-corrected chi connectivity index (χ0v) is 16.6. The van der Waals surface area contributed by atoms with Crippen LogP contribution in [0.2, 0.25) is 10.2 Å². The van der Waals surface area contributed by atoms with Crippen molar-refractivity contribution >= 4 is 46.0 Å². The Kier molecular flexibility index (Phi) is 4.73. The lowest BCUT2D eigenvalue weighted by Gasteiger charge is -2.26. The van der Waals surface area contributed by atoms with Crippen LogP contribution in [0.5, 0.6) is 0 Å². The Hall–Kier alpha value is -2.63. The Morgan fingerprint density at radius 1 is 1.07 bits per heavy atom. The van der Waals surface area contributed by atoms with E-state index < -0.39 is 11.6 Å². The number of hydrogen-bond acceptors (Lipinski definition) is 3. The first kappa shape index (κ1) is 18.7. The van der Waals surface area contributed by atoms with Gasteiger partial charge in [0.2, 0.25) is 0 Å². The zero-order chi connectivity index (χ0) is 19.9. The van der Waals surface area contributed by atoms with Gasteiger partial charge in [0, 0.05) is 16.0 Å². The molecule has 1 N–H and O–H groups in total. The maximum Gasteiger partial charge on any atom is 0.325 e. The highest BCUT2D eigenvalue weighted by Gasteiger charge is 2.51.